The Morgan fingerprint density at radius 1 is 1.41 bits per heavy atom. The van der Waals surface area contributed by atoms with Crippen LogP contribution in [0.1, 0.15) is 18.1 Å². The van der Waals surface area contributed by atoms with Crippen molar-refractivity contribution < 1.29 is 9.53 Å². The topological polar surface area (TPSA) is 39.2 Å². The number of carbonyl (C=O) groups excluding carboxylic acids is 1. The van der Waals surface area contributed by atoms with E-state index in [1.165, 1.54) is 0 Å². The normalized spacial score (nSPS) is 10.5. The van der Waals surface area contributed by atoms with E-state index >= 15 is 0 Å². The van der Waals surface area contributed by atoms with Gasteiger partial charge in [0.1, 0.15) is 0 Å². The highest BCUT2D eigenvalue weighted by molar-refractivity contribution is 5.82. The molecule has 0 spiro atoms. The van der Waals surface area contributed by atoms with Gasteiger partial charge in [0.05, 0.1) is 18.5 Å². The molecule has 0 saturated carbocycles. The number of fused-ring (bicyclic) bond motifs is 1. The van der Waals surface area contributed by atoms with Gasteiger partial charge < -0.3 is 4.74 Å². The molecule has 0 aliphatic rings. The Hall–Kier alpha value is -1.90. The van der Waals surface area contributed by atoms with Crippen LogP contribution in [0.4, 0.5) is 0 Å². The number of hydrogen-bond acceptors (Lipinski definition) is 3. The summed E-state index contributed by atoms with van der Waals surface area (Å²) in [6.45, 7) is 4.23. The zero-order valence-corrected chi connectivity index (χ0v) is 10.1. The third-order valence-electron chi connectivity index (χ3n) is 2.70. The summed E-state index contributed by atoms with van der Waals surface area (Å²) in [4.78, 5) is 15.7. The zero-order valence-electron chi connectivity index (χ0n) is 10.1. The SMILES string of the molecule is CCOC(=O)Cc1cc2cccnc2cc1C. The van der Waals surface area contributed by atoms with E-state index in [9.17, 15) is 4.79 Å². The lowest BCUT2D eigenvalue weighted by Gasteiger charge is -2.07. The van der Waals surface area contributed by atoms with Crippen LogP contribution in [0.25, 0.3) is 10.9 Å². The van der Waals surface area contributed by atoms with Crippen molar-refractivity contribution in [3.8, 4) is 0 Å². The van der Waals surface area contributed by atoms with Crippen molar-refractivity contribution in [2.45, 2.75) is 20.3 Å². The molecule has 0 N–H and O–H groups in total. The fourth-order valence-corrected chi connectivity index (χ4v) is 1.83. The molecule has 1 heterocycles. The van der Waals surface area contributed by atoms with E-state index in [0.717, 1.165) is 22.0 Å². The monoisotopic (exact) mass is 229 g/mol. The van der Waals surface area contributed by atoms with E-state index < -0.39 is 0 Å². The van der Waals surface area contributed by atoms with Crippen molar-refractivity contribution in [3.63, 3.8) is 0 Å². The largest absolute Gasteiger partial charge is 0.466 e. The van der Waals surface area contributed by atoms with E-state index in [2.05, 4.69) is 4.98 Å². The lowest BCUT2D eigenvalue weighted by molar-refractivity contribution is -0.142. The van der Waals surface area contributed by atoms with Gasteiger partial charge in [0, 0.05) is 11.6 Å². The number of aromatic nitrogens is 1. The Bertz CT molecular complexity index is 549. The number of hydrogen-bond donors (Lipinski definition) is 0. The first kappa shape index (κ1) is 11.6. The van der Waals surface area contributed by atoms with Crippen LogP contribution in [0, 0.1) is 6.92 Å². The van der Waals surface area contributed by atoms with Gasteiger partial charge in [-0.05, 0) is 43.2 Å². The maximum atomic E-state index is 11.5. The third-order valence-corrected chi connectivity index (χ3v) is 2.70. The highest BCUT2D eigenvalue weighted by Crippen LogP contribution is 2.18. The second-order valence-electron chi connectivity index (χ2n) is 3.96. The summed E-state index contributed by atoms with van der Waals surface area (Å²) in [7, 11) is 0. The van der Waals surface area contributed by atoms with Gasteiger partial charge in [0.2, 0.25) is 0 Å². The summed E-state index contributed by atoms with van der Waals surface area (Å²) < 4.78 is 4.96. The predicted octanol–water partition coefficient (Wildman–Crippen LogP) is 2.65. The minimum Gasteiger partial charge on any atom is -0.466 e. The van der Waals surface area contributed by atoms with Gasteiger partial charge in [-0.1, -0.05) is 6.07 Å². The average molecular weight is 229 g/mol. The van der Waals surface area contributed by atoms with Crippen molar-refractivity contribution in [1.29, 1.82) is 0 Å². The van der Waals surface area contributed by atoms with Crippen LogP contribution >= 0.6 is 0 Å². The molecule has 17 heavy (non-hydrogen) atoms. The van der Waals surface area contributed by atoms with Gasteiger partial charge in [0.25, 0.3) is 0 Å². The van der Waals surface area contributed by atoms with Crippen molar-refractivity contribution in [1.82, 2.24) is 4.98 Å². The fourth-order valence-electron chi connectivity index (χ4n) is 1.83. The number of aryl methyl sites for hydroxylation is 1. The van der Waals surface area contributed by atoms with E-state index in [1.54, 1.807) is 6.20 Å². The lowest BCUT2D eigenvalue weighted by atomic mass is 10.0. The Morgan fingerprint density at radius 2 is 2.24 bits per heavy atom. The van der Waals surface area contributed by atoms with E-state index in [1.807, 2.05) is 38.1 Å². The summed E-state index contributed by atoms with van der Waals surface area (Å²) in [5, 5.41) is 1.05. The molecule has 1 aromatic heterocycles. The number of rotatable bonds is 3. The molecule has 0 fully saturated rings. The molecule has 0 atom stereocenters. The van der Waals surface area contributed by atoms with Crippen LogP contribution in [0.15, 0.2) is 30.5 Å². The minimum atomic E-state index is -0.182. The van der Waals surface area contributed by atoms with Crippen LogP contribution in [0.2, 0.25) is 0 Å². The van der Waals surface area contributed by atoms with Crippen LogP contribution in [-0.4, -0.2) is 17.6 Å². The summed E-state index contributed by atoms with van der Waals surface area (Å²) in [6, 6.07) is 7.90. The first-order valence-corrected chi connectivity index (χ1v) is 5.70. The molecule has 2 rings (SSSR count). The summed E-state index contributed by atoms with van der Waals surface area (Å²) >= 11 is 0. The molecule has 88 valence electrons. The van der Waals surface area contributed by atoms with Crippen LogP contribution in [-0.2, 0) is 16.0 Å². The first-order chi connectivity index (χ1) is 8.20. The Balaban J connectivity index is 2.34. The van der Waals surface area contributed by atoms with Gasteiger partial charge in [-0.3, -0.25) is 9.78 Å². The van der Waals surface area contributed by atoms with Gasteiger partial charge in [-0.25, -0.2) is 0 Å². The number of esters is 1. The highest BCUT2D eigenvalue weighted by Gasteiger charge is 2.08. The summed E-state index contributed by atoms with van der Waals surface area (Å²) in [6.07, 6.45) is 2.09. The number of ether oxygens (including phenoxy) is 1. The molecule has 0 aliphatic carbocycles. The fraction of sp³-hybridized carbons (Fsp3) is 0.286. The van der Waals surface area contributed by atoms with Gasteiger partial charge in [-0.15, -0.1) is 0 Å². The maximum Gasteiger partial charge on any atom is 0.310 e. The molecule has 0 saturated heterocycles. The molecule has 0 bridgehead atoms. The standard InChI is InChI=1S/C14H15NO2/c1-3-17-14(16)9-12-8-11-5-4-6-15-13(11)7-10(12)2/h4-8H,3,9H2,1-2H3. The minimum absolute atomic E-state index is 0.182. The number of nitrogens with zero attached hydrogens (tertiary/aromatic N) is 1. The van der Waals surface area contributed by atoms with Gasteiger partial charge in [-0.2, -0.15) is 0 Å². The van der Waals surface area contributed by atoms with E-state index in [4.69, 9.17) is 4.74 Å². The molecule has 0 amide bonds. The van der Waals surface area contributed by atoms with Crippen molar-refractivity contribution in [3.05, 3.63) is 41.6 Å². The zero-order chi connectivity index (χ0) is 12.3. The number of carbonyl (C=O) groups is 1. The molecular weight excluding hydrogens is 214 g/mol. The first-order valence-electron chi connectivity index (χ1n) is 5.70. The van der Waals surface area contributed by atoms with Gasteiger partial charge >= 0.3 is 5.97 Å². The predicted molar refractivity (Wildman–Crippen MR) is 66.8 cm³/mol. The van der Waals surface area contributed by atoms with Gasteiger partial charge in [0.15, 0.2) is 0 Å². The van der Waals surface area contributed by atoms with Crippen LogP contribution in [0.3, 0.4) is 0 Å². The summed E-state index contributed by atoms with van der Waals surface area (Å²) in [5.41, 5.74) is 3.03. The molecule has 0 aliphatic heterocycles. The molecule has 3 nitrogen and oxygen atoms in total. The molecule has 0 unspecified atom stereocenters. The Morgan fingerprint density at radius 3 is 3.00 bits per heavy atom. The Labute approximate surface area is 100 Å². The van der Waals surface area contributed by atoms with E-state index in [0.29, 0.717) is 13.0 Å². The van der Waals surface area contributed by atoms with Crippen molar-refractivity contribution in [2.75, 3.05) is 6.61 Å². The maximum absolute atomic E-state index is 11.5. The average Bonchev–Trinajstić information content (AvgIpc) is 2.30. The summed E-state index contributed by atoms with van der Waals surface area (Å²) in [5.74, 6) is -0.182. The lowest BCUT2D eigenvalue weighted by Crippen LogP contribution is -2.08. The molecule has 3 heteroatoms. The number of pyridine rings is 1. The molecule has 2 aromatic rings. The third kappa shape index (κ3) is 2.61. The second-order valence-corrected chi connectivity index (χ2v) is 3.96. The Kier molecular flexibility index (Phi) is 3.38. The highest BCUT2D eigenvalue weighted by atomic mass is 16.5. The quantitative estimate of drug-likeness (QED) is 0.759. The van der Waals surface area contributed by atoms with Crippen molar-refractivity contribution in [2.24, 2.45) is 0 Å². The number of benzene rings is 1. The van der Waals surface area contributed by atoms with Crippen LogP contribution in [0.5, 0.6) is 0 Å². The van der Waals surface area contributed by atoms with Crippen molar-refractivity contribution >= 4 is 16.9 Å². The molecule has 1 aromatic carbocycles. The van der Waals surface area contributed by atoms with E-state index in [-0.39, 0.29) is 5.97 Å². The van der Waals surface area contributed by atoms with Crippen LogP contribution < -0.4 is 0 Å². The smallest absolute Gasteiger partial charge is 0.310 e. The molecule has 0 radical (unpaired) electrons. The second kappa shape index (κ2) is 4.95. The molecular formula is C14H15NO2.